The first-order valence-electron chi connectivity index (χ1n) is 7.37. The van der Waals surface area contributed by atoms with Crippen LogP contribution < -0.4 is 5.32 Å². The van der Waals surface area contributed by atoms with Crippen LogP contribution in [-0.4, -0.2) is 17.6 Å². The van der Waals surface area contributed by atoms with Crippen LogP contribution in [-0.2, 0) is 6.42 Å². The summed E-state index contributed by atoms with van der Waals surface area (Å²) in [6.45, 7) is 0.424. The summed E-state index contributed by atoms with van der Waals surface area (Å²) in [6.07, 6.45) is 0.605. The SMILES string of the molecule is O=C(NCCc1ccc(F)cc1)c1cc(-c2ccc(Cl)cc2)on1. The van der Waals surface area contributed by atoms with Gasteiger partial charge in [-0.1, -0.05) is 28.9 Å². The average Bonchev–Trinajstić information content (AvgIpc) is 3.07. The predicted molar refractivity (Wildman–Crippen MR) is 89.4 cm³/mol. The summed E-state index contributed by atoms with van der Waals surface area (Å²) in [5, 5.41) is 7.16. The van der Waals surface area contributed by atoms with Crippen LogP contribution in [0.4, 0.5) is 4.39 Å². The highest BCUT2D eigenvalue weighted by molar-refractivity contribution is 6.30. The quantitative estimate of drug-likeness (QED) is 0.758. The maximum absolute atomic E-state index is 12.8. The van der Waals surface area contributed by atoms with E-state index in [1.54, 1.807) is 42.5 Å². The van der Waals surface area contributed by atoms with Gasteiger partial charge in [0.15, 0.2) is 11.5 Å². The monoisotopic (exact) mass is 344 g/mol. The maximum Gasteiger partial charge on any atom is 0.273 e. The van der Waals surface area contributed by atoms with Crippen LogP contribution in [0.2, 0.25) is 5.02 Å². The number of rotatable bonds is 5. The van der Waals surface area contributed by atoms with Gasteiger partial charge >= 0.3 is 0 Å². The Morgan fingerprint density at radius 1 is 1.12 bits per heavy atom. The summed E-state index contributed by atoms with van der Waals surface area (Å²) < 4.78 is 18.0. The zero-order valence-electron chi connectivity index (χ0n) is 12.6. The second-order valence-corrected chi connectivity index (χ2v) is 5.65. The second-order valence-electron chi connectivity index (χ2n) is 5.22. The van der Waals surface area contributed by atoms with Crippen LogP contribution in [0.15, 0.2) is 59.1 Å². The van der Waals surface area contributed by atoms with Crippen LogP contribution in [0.1, 0.15) is 16.1 Å². The van der Waals surface area contributed by atoms with E-state index in [2.05, 4.69) is 10.5 Å². The Kier molecular flexibility index (Phi) is 4.91. The van der Waals surface area contributed by atoms with Gasteiger partial charge in [-0.3, -0.25) is 4.79 Å². The molecule has 0 atom stereocenters. The van der Waals surface area contributed by atoms with E-state index in [1.807, 2.05) is 0 Å². The van der Waals surface area contributed by atoms with Gasteiger partial charge in [-0.15, -0.1) is 0 Å². The van der Waals surface area contributed by atoms with Crippen LogP contribution in [0, 0.1) is 5.82 Å². The molecule has 0 aliphatic rings. The topological polar surface area (TPSA) is 55.1 Å². The molecule has 0 saturated heterocycles. The van der Waals surface area contributed by atoms with E-state index in [0.717, 1.165) is 11.1 Å². The van der Waals surface area contributed by atoms with Gasteiger partial charge in [-0.2, -0.15) is 0 Å². The van der Waals surface area contributed by atoms with Gasteiger partial charge in [0, 0.05) is 23.2 Å². The molecule has 0 bridgehead atoms. The number of nitrogens with zero attached hydrogens (tertiary/aromatic N) is 1. The van der Waals surface area contributed by atoms with Crippen molar-refractivity contribution in [3.8, 4) is 11.3 Å². The third-order valence-electron chi connectivity index (χ3n) is 3.48. The van der Waals surface area contributed by atoms with Crippen molar-refractivity contribution in [2.45, 2.75) is 6.42 Å². The molecule has 1 aromatic heterocycles. The van der Waals surface area contributed by atoms with Crippen molar-refractivity contribution < 1.29 is 13.7 Å². The lowest BCUT2D eigenvalue weighted by atomic mass is 10.1. The largest absolute Gasteiger partial charge is 0.355 e. The van der Waals surface area contributed by atoms with E-state index in [0.29, 0.717) is 23.7 Å². The minimum Gasteiger partial charge on any atom is -0.355 e. The molecule has 0 spiro atoms. The molecule has 2 aromatic carbocycles. The van der Waals surface area contributed by atoms with E-state index in [-0.39, 0.29) is 17.4 Å². The fourth-order valence-electron chi connectivity index (χ4n) is 2.19. The lowest BCUT2D eigenvalue weighted by molar-refractivity contribution is 0.0945. The van der Waals surface area contributed by atoms with E-state index in [1.165, 1.54) is 12.1 Å². The number of carbonyl (C=O) groups is 1. The van der Waals surface area contributed by atoms with Gasteiger partial charge in [-0.25, -0.2) is 4.39 Å². The van der Waals surface area contributed by atoms with E-state index >= 15 is 0 Å². The molecule has 1 N–H and O–H groups in total. The molecule has 0 radical (unpaired) electrons. The fourth-order valence-corrected chi connectivity index (χ4v) is 2.32. The molecule has 3 aromatic rings. The molecule has 0 aliphatic carbocycles. The first kappa shape index (κ1) is 16.2. The van der Waals surface area contributed by atoms with E-state index < -0.39 is 0 Å². The van der Waals surface area contributed by atoms with Crippen molar-refractivity contribution in [2.75, 3.05) is 6.54 Å². The average molecular weight is 345 g/mol. The highest BCUT2D eigenvalue weighted by Gasteiger charge is 2.13. The van der Waals surface area contributed by atoms with E-state index in [4.69, 9.17) is 16.1 Å². The summed E-state index contributed by atoms with van der Waals surface area (Å²) in [6, 6.07) is 14.8. The van der Waals surface area contributed by atoms with Crippen LogP contribution in [0.3, 0.4) is 0 Å². The van der Waals surface area contributed by atoms with Gasteiger partial charge < -0.3 is 9.84 Å². The number of nitrogens with one attached hydrogen (secondary N) is 1. The van der Waals surface area contributed by atoms with Crippen molar-refractivity contribution in [3.05, 3.63) is 76.7 Å². The first-order chi connectivity index (χ1) is 11.6. The lowest BCUT2D eigenvalue weighted by Gasteiger charge is -2.03. The molecule has 3 rings (SSSR count). The van der Waals surface area contributed by atoms with Crippen molar-refractivity contribution in [1.82, 2.24) is 10.5 Å². The van der Waals surface area contributed by atoms with Crippen molar-refractivity contribution >= 4 is 17.5 Å². The van der Waals surface area contributed by atoms with Gasteiger partial charge in [-0.05, 0) is 48.4 Å². The van der Waals surface area contributed by atoms with Crippen molar-refractivity contribution in [1.29, 1.82) is 0 Å². The Hall–Kier alpha value is -2.66. The predicted octanol–water partition coefficient (Wildman–Crippen LogP) is 4.11. The second kappa shape index (κ2) is 7.27. The molecular weight excluding hydrogens is 331 g/mol. The summed E-state index contributed by atoms with van der Waals surface area (Å²) in [5.74, 6) is -0.100. The Bertz CT molecular complexity index is 829. The van der Waals surface area contributed by atoms with Gasteiger partial charge in [0.2, 0.25) is 0 Å². The van der Waals surface area contributed by atoms with Gasteiger partial charge in [0.1, 0.15) is 5.82 Å². The molecular formula is C18H14ClFN2O2. The molecule has 24 heavy (non-hydrogen) atoms. The number of hydrogen-bond donors (Lipinski definition) is 1. The molecule has 6 heteroatoms. The minimum atomic E-state index is -0.318. The number of aromatic nitrogens is 1. The summed E-state index contributed by atoms with van der Waals surface area (Å²) in [5.41, 5.74) is 1.94. The Morgan fingerprint density at radius 3 is 2.54 bits per heavy atom. The molecule has 4 nitrogen and oxygen atoms in total. The highest BCUT2D eigenvalue weighted by Crippen LogP contribution is 2.22. The summed E-state index contributed by atoms with van der Waals surface area (Å²) in [7, 11) is 0. The zero-order valence-corrected chi connectivity index (χ0v) is 13.4. The first-order valence-corrected chi connectivity index (χ1v) is 7.75. The summed E-state index contributed by atoms with van der Waals surface area (Å²) in [4.78, 5) is 12.1. The molecule has 122 valence electrons. The third-order valence-corrected chi connectivity index (χ3v) is 3.74. The normalized spacial score (nSPS) is 10.6. The van der Waals surface area contributed by atoms with Crippen LogP contribution >= 0.6 is 11.6 Å². The third kappa shape index (κ3) is 4.00. The zero-order chi connectivity index (χ0) is 16.9. The smallest absolute Gasteiger partial charge is 0.273 e. The molecule has 0 aliphatic heterocycles. The van der Waals surface area contributed by atoms with Gasteiger partial charge in [0.25, 0.3) is 5.91 Å². The number of halogens is 2. The standard InChI is InChI=1S/C18H14ClFN2O2/c19-14-5-3-13(4-6-14)17-11-16(22-24-17)18(23)21-10-9-12-1-7-15(20)8-2-12/h1-8,11H,9-10H2,(H,21,23). The van der Waals surface area contributed by atoms with Crippen LogP contribution in [0.5, 0.6) is 0 Å². The lowest BCUT2D eigenvalue weighted by Crippen LogP contribution is -2.25. The Labute approximate surface area is 143 Å². The van der Waals surface area contributed by atoms with Crippen molar-refractivity contribution in [2.24, 2.45) is 0 Å². The Balaban J connectivity index is 1.57. The molecule has 1 amide bonds. The van der Waals surface area contributed by atoms with E-state index in [9.17, 15) is 9.18 Å². The number of benzene rings is 2. The molecule has 0 saturated carbocycles. The Morgan fingerprint density at radius 2 is 1.83 bits per heavy atom. The molecule has 0 fully saturated rings. The maximum atomic E-state index is 12.8. The number of hydrogen-bond acceptors (Lipinski definition) is 3. The number of carbonyl (C=O) groups excluding carboxylic acids is 1. The fraction of sp³-hybridized carbons (Fsp3) is 0.111. The molecule has 0 unspecified atom stereocenters. The summed E-state index contributed by atoms with van der Waals surface area (Å²) >= 11 is 5.84. The minimum absolute atomic E-state index is 0.207. The van der Waals surface area contributed by atoms with Crippen LogP contribution in [0.25, 0.3) is 11.3 Å². The van der Waals surface area contributed by atoms with Crippen molar-refractivity contribution in [3.63, 3.8) is 0 Å². The number of amides is 1. The van der Waals surface area contributed by atoms with Gasteiger partial charge in [0.05, 0.1) is 0 Å². The molecule has 1 heterocycles. The highest BCUT2D eigenvalue weighted by atomic mass is 35.5.